The van der Waals surface area contributed by atoms with Crippen molar-refractivity contribution in [3.8, 4) is 22.3 Å². The Kier molecular flexibility index (Phi) is 6.61. The molecule has 0 N–H and O–H groups in total. The van der Waals surface area contributed by atoms with E-state index in [9.17, 15) is 0 Å². The molecule has 0 amide bonds. The molecule has 2 heterocycles. The minimum Gasteiger partial charge on any atom is -0.308 e. The summed E-state index contributed by atoms with van der Waals surface area (Å²) in [5.41, 5.74) is 8.47. The predicted octanol–water partition coefficient (Wildman–Crippen LogP) is 14.4. The minimum absolute atomic E-state index is 1.16. The Morgan fingerprint density at radius 1 is 0.347 bits per heavy atom. The number of nitrogens with zero attached hydrogens (tertiary/aromatic N) is 1. The molecule has 49 heavy (non-hydrogen) atoms. The van der Waals surface area contributed by atoms with Gasteiger partial charge in [0.1, 0.15) is 0 Å². The molecule has 0 fully saturated rings. The summed E-state index contributed by atoms with van der Waals surface area (Å²) < 4.78 is 5.20. The van der Waals surface area contributed by atoms with Crippen LogP contribution >= 0.6 is 22.7 Å². The van der Waals surface area contributed by atoms with E-state index in [0.717, 1.165) is 5.69 Å². The largest absolute Gasteiger partial charge is 0.308 e. The SMILES string of the molecule is c1ccc(-c2cccc3c2sc2c(N(c4ccccc4-c4ccc5ccccc5c4)c4cccc5sc6ccccc6c45)cccc23)cc1. The Labute approximate surface area is 292 Å². The van der Waals surface area contributed by atoms with E-state index in [1.807, 2.05) is 22.7 Å². The second-order valence-electron chi connectivity index (χ2n) is 12.5. The van der Waals surface area contributed by atoms with Crippen LogP contribution in [-0.4, -0.2) is 0 Å². The molecule has 10 rings (SSSR count). The highest BCUT2D eigenvalue weighted by molar-refractivity contribution is 7.27. The van der Waals surface area contributed by atoms with E-state index in [1.54, 1.807) is 0 Å². The number of rotatable bonds is 5. The lowest BCUT2D eigenvalue weighted by molar-refractivity contribution is 1.32. The number of hydrogen-bond acceptors (Lipinski definition) is 3. The second-order valence-corrected chi connectivity index (χ2v) is 14.6. The van der Waals surface area contributed by atoms with Crippen LogP contribution in [0.2, 0.25) is 0 Å². The van der Waals surface area contributed by atoms with Crippen molar-refractivity contribution in [1.29, 1.82) is 0 Å². The first-order valence-electron chi connectivity index (χ1n) is 16.6. The van der Waals surface area contributed by atoms with Crippen molar-refractivity contribution >= 4 is 90.9 Å². The van der Waals surface area contributed by atoms with E-state index in [-0.39, 0.29) is 0 Å². The molecule has 0 bridgehead atoms. The molecule has 0 spiro atoms. The molecule has 8 aromatic carbocycles. The first-order valence-corrected chi connectivity index (χ1v) is 18.2. The van der Waals surface area contributed by atoms with Crippen LogP contribution in [0.1, 0.15) is 0 Å². The van der Waals surface area contributed by atoms with Crippen LogP contribution in [0.25, 0.3) is 73.4 Å². The fourth-order valence-corrected chi connectivity index (χ4v) is 9.89. The quantitative estimate of drug-likeness (QED) is 0.178. The van der Waals surface area contributed by atoms with Gasteiger partial charge < -0.3 is 4.90 Å². The summed E-state index contributed by atoms with van der Waals surface area (Å²) in [7, 11) is 0. The highest BCUT2D eigenvalue weighted by Gasteiger charge is 2.24. The van der Waals surface area contributed by atoms with E-state index in [0.29, 0.717) is 0 Å². The number of thiophene rings is 2. The van der Waals surface area contributed by atoms with Crippen molar-refractivity contribution in [3.63, 3.8) is 0 Å². The molecule has 0 unspecified atom stereocenters. The van der Waals surface area contributed by atoms with Gasteiger partial charge in [0.2, 0.25) is 0 Å². The van der Waals surface area contributed by atoms with E-state index in [2.05, 4.69) is 181 Å². The molecule has 0 saturated heterocycles. The molecule has 0 aliphatic carbocycles. The third-order valence-electron chi connectivity index (χ3n) is 9.66. The molecule has 3 heteroatoms. The Hall–Kier alpha value is -5.74. The van der Waals surface area contributed by atoms with Gasteiger partial charge in [0.05, 0.1) is 21.8 Å². The molecule has 230 valence electrons. The van der Waals surface area contributed by atoms with Crippen molar-refractivity contribution in [2.75, 3.05) is 4.90 Å². The fraction of sp³-hybridized carbons (Fsp3) is 0. The Bertz CT molecular complexity index is 2840. The van der Waals surface area contributed by atoms with Gasteiger partial charge in [-0.1, -0.05) is 140 Å². The highest BCUT2D eigenvalue weighted by atomic mass is 32.1. The molecule has 2 aromatic heterocycles. The van der Waals surface area contributed by atoms with Gasteiger partial charge in [0.15, 0.2) is 0 Å². The highest BCUT2D eigenvalue weighted by Crippen LogP contribution is 2.51. The Morgan fingerprint density at radius 2 is 0.980 bits per heavy atom. The normalized spacial score (nSPS) is 11.7. The molecule has 0 radical (unpaired) electrons. The van der Waals surface area contributed by atoms with Crippen molar-refractivity contribution in [2.45, 2.75) is 0 Å². The van der Waals surface area contributed by atoms with Gasteiger partial charge in [-0.15, -0.1) is 22.7 Å². The number of para-hydroxylation sites is 1. The van der Waals surface area contributed by atoms with Crippen LogP contribution < -0.4 is 4.90 Å². The summed E-state index contributed by atoms with van der Waals surface area (Å²) in [6.07, 6.45) is 0. The van der Waals surface area contributed by atoms with Crippen molar-refractivity contribution in [2.24, 2.45) is 0 Å². The molecule has 0 saturated carbocycles. The lowest BCUT2D eigenvalue weighted by Gasteiger charge is -2.29. The van der Waals surface area contributed by atoms with Gasteiger partial charge in [0.25, 0.3) is 0 Å². The monoisotopic (exact) mass is 659 g/mol. The third-order valence-corrected chi connectivity index (χ3v) is 12.1. The van der Waals surface area contributed by atoms with Crippen molar-refractivity contribution in [1.82, 2.24) is 0 Å². The zero-order valence-corrected chi connectivity index (χ0v) is 28.1. The second kappa shape index (κ2) is 11.5. The van der Waals surface area contributed by atoms with Crippen LogP contribution in [0.4, 0.5) is 17.1 Å². The fourth-order valence-electron chi connectivity index (χ4n) is 7.43. The zero-order chi connectivity index (χ0) is 32.3. The van der Waals surface area contributed by atoms with E-state index >= 15 is 0 Å². The number of anilines is 3. The van der Waals surface area contributed by atoms with Gasteiger partial charge in [-0.2, -0.15) is 0 Å². The molecule has 0 atom stereocenters. The third kappa shape index (κ3) is 4.58. The van der Waals surface area contributed by atoms with Crippen LogP contribution in [0.3, 0.4) is 0 Å². The summed E-state index contributed by atoms with van der Waals surface area (Å²) in [5.74, 6) is 0. The summed E-state index contributed by atoms with van der Waals surface area (Å²) in [4.78, 5) is 2.53. The summed E-state index contributed by atoms with van der Waals surface area (Å²) in [6.45, 7) is 0. The van der Waals surface area contributed by atoms with Crippen LogP contribution in [-0.2, 0) is 0 Å². The average Bonchev–Trinajstić information content (AvgIpc) is 3.75. The van der Waals surface area contributed by atoms with Gasteiger partial charge in [0, 0.05) is 41.2 Å². The van der Waals surface area contributed by atoms with E-state index in [1.165, 1.54) is 84.7 Å². The molecule has 1 nitrogen and oxygen atoms in total. The average molecular weight is 660 g/mol. The van der Waals surface area contributed by atoms with E-state index < -0.39 is 0 Å². The zero-order valence-electron chi connectivity index (χ0n) is 26.5. The number of benzene rings is 8. The number of hydrogen-bond donors (Lipinski definition) is 0. The molecule has 0 aliphatic heterocycles. The lowest BCUT2D eigenvalue weighted by atomic mass is 9.98. The molecule has 10 aromatic rings. The first kappa shape index (κ1) is 28.3. The standard InChI is InChI=1S/C46H29NS2/c1-2-14-31(15-3-1)35-19-10-20-36-37-21-11-24-41(46(37)49-45(35)36)47(40-23-12-26-43-44(40)38-18-7-9-25-42(38)48-43)39-22-8-6-17-34(39)33-28-27-30-13-4-5-16-32(30)29-33/h1-29H. The first-order chi connectivity index (χ1) is 24.3. The van der Waals surface area contributed by atoms with Crippen molar-refractivity contribution in [3.05, 3.63) is 176 Å². The van der Waals surface area contributed by atoms with Crippen LogP contribution in [0.15, 0.2) is 176 Å². The predicted molar refractivity (Wildman–Crippen MR) is 215 cm³/mol. The summed E-state index contributed by atoms with van der Waals surface area (Å²) >= 11 is 3.77. The van der Waals surface area contributed by atoms with Crippen LogP contribution in [0.5, 0.6) is 0 Å². The Morgan fingerprint density at radius 3 is 1.90 bits per heavy atom. The van der Waals surface area contributed by atoms with Gasteiger partial charge >= 0.3 is 0 Å². The maximum atomic E-state index is 2.53. The molecule has 0 aliphatic rings. The van der Waals surface area contributed by atoms with Crippen molar-refractivity contribution < 1.29 is 0 Å². The maximum absolute atomic E-state index is 2.53. The summed E-state index contributed by atoms with van der Waals surface area (Å²) in [5, 5.41) is 7.66. The van der Waals surface area contributed by atoms with E-state index in [4.69, 9.17) is 0 Å². The minimum atomic E-state index is 1.16. The van der Waals surface area contributed by atoms with Gasteiger partial charge in [-0.05, 0) is 63.9 Å². The van der Waals surface area contributed by atoms with Gasteiger partial charge in [-0.25, -0.2) is 0 Å². The van der Waals surface area contributed by atoms with Crippen LogP contribution in [0, 0.1) is 0 Å². The molecular formula is C46H29NS2. The summed E-state index contributed by atoms with van der Waals surface area (Å²) in [6, 6.07) is 64.4. The smallest absolute Gasteiger partial charge is 0.0640 e. The topological polar surface area (TPSA) is 3.24 Å². The number of fused-ring (bicyclic) bond motifs is 7. The molecular weight excluding hydrogens is 631 g/mol. The lowest BCUT2D eigenvalue weighted by Crippen LogP contribution is -2.11. The van der Waals surface area contributed by atoms with Gasteiger partial charge in [-0.3, -0.25) is 0 Å². The maximum Gasteiger partial charge on any atom is 0.0640 e. The Balaban J connectivity index is 1.30.